The molecule has 0 bridgehead atoms. The van der Waals surface area contributed by atoms with E-state index in [1.807, 2.05) is 31.5 Å². The molecule has 18 heteroatoms. The molecule has 1 aliphatic heterocycles. The number of hydrogen-bond donors (Lipinski definition) is 2. The molecule has 46 heavy (non-hydrogen) atoms. The molecule has 1 fully saturated rings. The van der Waals surface area contributed by atoms with Crippen molar-refractivity contribution < 1.29 is 38.1 Å². The Hall–Kier alpha value is -4.29. The molecular formula is C28H38N6O11S. The second-order valence-corrected chi connectivity index (χ2v) is 13.0. The van der Waals surface area contributed by atoms with E-state index in [1.54, 1.807) is 0 Å². The standard InChI is InChI=1S/C28H38N6O11S/c1-4-7-19-16-31(6-3)25-24(19)29-26(30-27(25)35)22-15-21(8-9-23(22)43-14-5-2)46(41,42)32-12-10-20(11-13-32)28(36,17-44-33(37)38)18-45-34(39)40/h8-9,15-16,20,36H,4-7,10-14,17-18H2,1-3H3,(H,29,30,35). The summed E-state index contributed by atoms with van der Waals surface area (Å²) in [6.07, 6.45) is 4.17. The van der Waals surface area contributed by atoms with Gasteiger partial charge in [-0.1, -0.05) is 20.3 Å². The monoisotopic (exact) mass is 666 g/mol. The number of benzene rings is 1. The Morgan fingerprint density at radius 1 is 1.09 bits per heavy atom. The normalized spacial score (nSPS) is 14.8. The van der Waals surface area contributed by atoms with Gasteiger partial charge in [-0.2, -0.15) is 4.31 Å². The summed E-state index contributed by atoms with van der Waals surface area (Å²) in [5.74, 6) is -0.296. The second kappa shape index (κ2) is 14.4. The zero-order valence-corrected chi connectivity index (χ0v) is 26.7. The number of aliphatic hydroxyl groups is 1. The number of nitrogens with one attached hydrogen (secondary N) is 1. The van der Waals surface area contributed by atoms with Crippen molar-refractivity contribution in [2.45, 2.75) is 69.9 Å². The predicted octanol–water partition coefficient (Wildman–Crippen LogP) is 2.70. The quantitative estimate of drug-likeness (QED) is 0.166. The fourth-order valence-corrected chi connectivity index (χ4v) is 7.18. The number of nitrogens with zero attached hydrogens (tertiary/aromatic N) is 5. The van der Waals surface area contributed by atoms with Crippen molar-refractivity contribution in [1.29, 1.82) is 0 Å². The van der Waals surface area contributed by atoms with Gasteiger partial charge in [0.25, 0.3) is 15.7 Å². The zero-order valence-electron chi connectivity index (χ0n) is 25.8. The molecule has 17 nitrogen and oxygen atoms in total. The molecule has 0 unspecified atom stereocenters. The van der Waals surface area contributed by atoms with Crippen LogP contribution in [0.5, 0.6) is 5.75 Å². The molecule has 0 aliphatic carbocycles. The molecule has 0 amide bonds. The first kappa shape index (κ1) is 34.6. The Balaban J connectivity index is 1.67. The van der Waals surface area contributed by atoms with Crippen LogP contribution in [0.4, 0.5) is 0 Å². The maximum atomic E-state index is 13.8. The van der Waals surface area contributed by atoms with Crippen molar-refractivity contribution in [2.24, 2.45) is 5.92 Å². The lowest BCUT2D eigenvalue weighted by molar-refractivity contribution is -0.772. The van der Waals surface area contributed by atoms with E-state index in [4.69, 9.17) is 9.72 Å². The topological polar surface area (TPSA) is 222 Å². The highest BCUT2D eigenvalue weighted by Gasteiger charge is 2.43. The average molecular weight is 667 g/mol. The van der Waals surface area contributed by atoms with Crippen molar-refractivity contribution in [2.75, 3.05) is 32.9 Å². The van der Waals surface area contributed by atoms with E-state index < -0.39 is 44.9 Å². The third-order valence-electron chi connectivity index (χ3n) is 8.02. The van der Waals surface area contributed by atoms with Gasteiger partial charge in [-0.05, 0) is 62.3 Å². The minimum absolute atomic E-state index is 0.0165. The van der Waals surface area contributed by atoms with E-state index in [-0.39, 0.29) is 42.2 Å². The van der Waals surface area contributed by atoms with Crippen molar-refractivity contribution in [3.63, 3.8) is 0 Å². The van der Waals surface area contributed by atoms with Gasteiger partial charge >= 0.3 is 0 Å². The SMILES string of the molecule is CCCOc1ccc(S(=O)(=O)N2CCC(C(O)(CO[N+](=O)[O-])CO[N+](=O)[O-])CC2)cc1-c1nc2c(CCC)cn(CC)c2c(=O)[nH]1. The summed E-state index contributed by atoms with van der Waals surface area (Å²) in [4.78, 5) is 50.9. The summed E-state index contributed by atoms with van der Waals surface area (Å²) in [6, 6.07) is 4.31. The number of aromatic nitrogens is 3. The van der Waals surface area contributed by atoms with Gasteiger partial charge in [-0.15, -0.1) is 20.2 Å². The van der Waals surface area contributed by atoms with Crippen molar-refractivity contribution >= 4 is 21.1 Å². The summed E-state index contributed by atoms with van der Waals surface area (Å²) in [7, 11) is -4.13. The molecule has 1 aromatic carbocycles. The lowest BCUT2D eigenvalue weighted by Crippen LogP contribution is -2.52. The fourth-order valence-electron chi connectivity index (χ4n) is 5.68. The number of H-pyrrole nitrogens is 1. The van der Waals surface area contributed by atoms with Crippen LogP contribution in [-0.2, 0) is 32.7 Å². The first-order valence-electron chi connectivity index (χ1n) is 15.0. The summed E-state index contributed by atoms with van der Waals surface area (Å²) in [6.45, 7) is 4.83. The lowest BCUT2D eigenvalue weighted by atomic mass is 9.82. The van der Waals surface area contributed by atoms with Crippen LogP contribution < -0.4 is 10.3 Å². The van der Waals surface area contributed by atoms with Crippen LogP contribution >= 0.6 is 0 Å². The molecule has 0 atom stereocenters. The smallest absolute Gasteiger partial charge is 0.294 e. The second-order valence-electron chi connectivity index (χ2n) is 11.1. The molecule has 3 aromatic rings. The maximum absolute atomic E-state index is 13.8. The highest BCUT2D eigenvalue weighted by Crippen LogP contribution is 2.35. The lowest BCUT2D eigenvalue weighted by Gasteiger charge is -2.39. The fraction of sp³-hybridized carbons (Fsp3) is 0.571. The number of ether oxygens (including phenoxy) is 1. The van der Waals surface area contributed by atoms with Gasteiger partial charge < -0.3 is 29.1 Å². The Morgan fingerprint density at radius 3 is 2.30 bits per heavy atom. The first-order chi connectivity index (χ1) is 21.8. The van der Waals surface area contributed by atoms with Gasteiger partial charge in [-0.3, -0.25) is 4.79 Å². The van der Waals surface area contributed by atoms with Crippen LogP contribution in [-0.4, -0.2) is 81.0 Å². The predicted molar refractivity (Wildman–Crippen MR) is 164 cm³/mol. The van der Waals surface area contributed by atoms with Crippen LogP contribution in [0.3, 0.4) is 0 Å². The number of rotatable bonds is 16. The highest BCUT2D eigenvalue weighted by molar-refractivity contribution is 7.89. The molecule has 4 rings (SSSR count). The van der Waals surface area contributed by atoms with Gasteiger partial charge in [0.05, 0.1) is 22.6 Å². The minimum atomic E-state index is -4.13. The number of sulfonamides is 1. The van der Waals surface area contributed by atoms with E-state index in [0.717, 1.165) is 12.0 Å². The van der Waals surface area contributed by atoms with Gasteiger partial charge in [0.2, 0.25) is 10.0 Å². The Morgan fingerprint density at radius 2 is 1.74 bits per heavy atom. The Bertz CT molecular complexity index is 1710. The third-order valence-corrected chi connectivity index (χ3v) is 9.91. The number of hydrogen-bond acceptors (Lipinski definition) is 12. The summed E-state index contributed by atoms with van der Waals surface area (Å²) >= 11 is 0. The Labute approximate surface area is 264 Å². The highest BCUT2D eigenvalue weighted by atomic mass is 32.2. The van der Waals surface area contributed by atoms with Crippen molar-refractivity contribution in [3.8, 4) is 17.1 Å². The summed E-state index contributed by atoms with van der Waals surface area (Å²) in [5.41, 5.74) is -0.306. The van der Waals surface area contributed by atoms with E-state index in [1.165, 1.54) is 22.5 Å². The largest absolute Gasteiger partial charge is 0.493 e. The molecule has 2 N–H and O–H groups in total. The van der Waals surface area contributed by atoms with Crippen molar-refractivity contribution in [1.82, 2.24) is 18.8 Å². The number of fused-ring (bicyclic) bond motifs is 1. The first-order valence-corrected chi connectivity index (χ1v) is 16.4. The minimum Gasteiger partial charge on any atom is -0.493 e. The van der Waals surface area contributed by atoms with E-state index in [0.29, 0.717) is 48.3 Å². The van der Waals surface area contributed by atoms with Crippen LogP contribution in [0.2, 0.25) is 0 Å². The molecule has 2 aromatic heterocycles. The molecule has 3 heterocycles. The van der Waals surface area contributed by atoms with E-state index in [2.05, 4.69) is 14.7 Å². The number of aromatic amines is 1. The van der Waals surface area contributed by atoms with E-state index in [9.17, 15) is 38.5 Å². The number of aryl methyl sites for hydroxylation is 2. The molecule has 1 saturated heterocycles. The molecule has 1 aliphatic rings. The van der Waals surface area contributed by atoms with Crippen LogP contribution in [0, 0.1) is 26.1 Å². The summed E-state index contributed by atoms with van der Waals surface area (Å²) in [5, 5.41) is 30.2. The van der Waals surface area contributed by atoms with Crippen LogP contribution in [0.1, 0.15) is 52.0 Å². The summed E-state index contributed by atoms with van der Waals surface area (Å²) < 4.78 is 36.6. The van der Waals surface area contributed by atoms with Gasteiger partial charge in [0, 0.05) is 25.8 Å². The van der Waals surface area contributed by atoms with Gasteiger partial charge in [0.15, 0.2) is 0 Å². The van der Waals surface area contributed by atoms with E-state index >= 15 is 0 Å². The van der Waals surface area contributed by atoms with Gasteiger partial charge in [-0.25, -0.2) is 13.4 Å². The Kier molecular flexibility index (Phi) is 10.8. The van der Waals surface area contributed by atoms with Crippen LogP contribution in [0.25, 0.3) is 22.4 Å². The molecule has 0 radical (unpaired) electrons. The number of piperidine rings is 1. The molecular weight excluding hydrogens is 628 g/mol. The van der Waals surface area contributed by atoms with Crippen LogP contribution in [0.15, 0.2) is 34.1 Å². The maximum Gasteiger partial charge on any atom is 0.294 e. The average Bonchev–Trinajstić information content (AvgIpc) is 3.39. The van der Waals surface area contributed by atoms with Gasteiger partial charge in [0.1, 0.15) is 35.9 Å². The molecule has 0 saturated carbocycles. The molecule has 0 spiro atoms. The molecule has 252 valence electrons. The zero-order chi connectivity index (χ0) is 33.6. The van der Waals surface area contributed by atoms with Crippen molar-refractivity contribution in [3.05, 3.63) is 60.5 Å². The third kappa shape index (κ3) is 7.39.